The molecule has 0 radical (unpaired) electrons. The van der Waals surface area contributed by atoms with Gasteiger partial charge < -0.3 is 24.1 Å². The third-order valence-electron chi connectivity index (χ3n) is 6.23. The molecule has 2 saturated heterocycles. The van der Waals surface area contributed by atoms with Gasteiger partial charge in [-0.15, -0.1) is 0 Å². The molecule has 0 bridgehead atoms. The number of aliphatic hydroxyl groups excluding tert-OH is 1. The van der Waals surface area contributed by atoms with Crippen LogP contribution in [-0.2, 0) is 18.9 Å². The molecule has 1 aromatic carbocycles. The van der Waals surface area contributed by atoms with E-state index in [4.69, 9.17) is 18.9 Å². The summed E-state index contributed by atoms with van der Waals surface area (Å²) >= 11 is 6.92. The van der Waals surface area contributed by atoms with E-state index < -0.39 is 48.4 Å². The van der Waals surface area contributed by atoms with Gasteiger partial charge >= 0.3 is 6.09 Å². The first-order valence-corrected chi connectivity index (χ1v) is 14.2. The highest BCUT2D eigenvalue weighted by molar-refractivity contribution is 9.11. The van der Waals surface area contributed by atoms with Crippen LogP contribution in [0.3, 0.4) is 0 Å². The minimum absolute atomic E-state index is 0.174. The molecule has 12 nitrogen and oxygen atoms in total. The summed E-state index contributed by atoms with van der Waals surface area (Å²) in [6.07, 6.45) is -3.24. The second-order valence-corrected chi connectivity index (χ2v) is 12.1. The average Bonchev–Trinajstić information content (AvgIpc) is 3.29. The lowest BCUT2D eigenvalue weighted by Crippen LogP contribution is -2.66. The van der Waals surface area contributed by atoms with Gasteiger partial charge in [0.05, 0.1) is 12.6 Å². The Hall–Kier alpha value is -2.46. The van der Waals surface area contributed by atoms with Gasteiger partial charge in [-0.05, 0) is 65.6 Å². The number of rotatable bonds is 5. The first kappa shape index (κ1) is 29.0. The summed E-state index contributed by atoms with van der Waals surface area (Å²) in [5.41, 5.74) is 6.19. The zero-order chi connectivity index (χ0) is 28.6. The van der Waals surface area contributed by atoms with Crippen LogP contribution in [0.25, 0.3) is 5.69 Å². The number of benzene rings is 1. The number of nitrogens with one attached hydrogen (secondary N) is 2. The first-order valence-electron chi connectivity index (χ1n) is 12.6. The molecule has 1 amide bonds. The van der Waals surface area contributed by atoms with Crippen LogP contribution in [0.2, 0.25) is 0 Å². The summed E-state index contributed by atoms with van der Waals surface area (Å²) in [5, 5.41) is 16.2. The SMILES string of the molecule is Cc1nc([C@@H]2OC3COC(c4ccccc4)O[C@@H]3C(NNC(=O)OC(C)(C)C)C2O)n(-c2cc(Br)cnc2Br)n1. The summed E-state index contributed by atoms with van der Waals surface area (Å²) < 4.78 is 26.9. The summed E-state index contributed by atoms with van der Waals surface area (Å²) in [6.45, 7) is 7.20. The van der Waals surface area contributed by atoms with Crippen LogP contribution in [0.4, 0.5) is 4.79 Å². The number of ether oxygens (including phenoxy) is 4. The molecule has 0 aliphatic carbocycles. The topological polar surface area (TPSA) is 142 Å². The van der Waals surface area contributed by atoms with E-state index in [1.807, 2.05) is 36.4 Å². The van der Waals surface area contributed by atoms with Crippen molar-refractivity contribution in [3.8, 4) is 5.69 Å². The van der Waals surface area contributed by atoms with Gasteiger partial charge in [0, 0.05) is 16.2 Å². The number of fused-ring (bicyclic) bond motifs is 1. The van der Waals surface area contributed by atoms with Crippen LogP contribution >= 0.6 is 31.9 Å². The number of hydrogen-bond acceptors (Lipinski definition) is 10. The number of pyridine rings is 1. The van der Waals surface area contributed by atoms with Gasteiger partial charge in [-0.2, -0.15) is 5.10 Å². The van der Waals surface area contributed by atoms with Gasteiger partial charge in [0.25, 0.3) is 0 Å². The molecule has 0 spiro atoms. The maximum atomic E-state index is 12.5. The Balaban J connectivity index is 1.47. The van der Waals surface area contributed by atoms with Gasteiger partial charge in [-0.25, -0.2) is 24.9 Å². The maximum absolute atomic E-state index is 12.5. The molecule has 2 fully saturated rings. The highest BCUT2D eigenvalue weighted by Gasteiger charge is 2.51. The molecule has 3 N–H and O–H groups in total. The second kappa shape index (κ2) is 11.8. The van der Waals surface area contributed by atoms with E-state index in [1.54, 1.807) is 38.6 Å². The van der Waals surface area contributed by atoms with Crippen LogP contribution in [0, 0.1) is 6.92 Å². The second-order valence-electron chi connectivity index (χ2n) is 10.5. The molecule has 3 aromatic rings. The molecule has 2 aliphatic heterocycles. The van der Waals surface area contributed by atoms with E-state index in [0.29, 0.717) is 21.9 Å². The number of carbonyl (C=O) groups excluding carboxylic acids is 1. The van der Waals surface area contributed by atoms with E-state index in [0.717, 1.165) is 10.0 Å². The van der Waals surface area contributed by atoms with Crippen molar-refractivity contribution in [2.75, 3.05) is 6.61 Å². The van der Waals surface area contributed by atoms with Crippen LogP contribution in [0.1, 0.15) is 50.4 Å². The Morgan fingerprint density at radius 3 is 2.67 bits per heavy atom. The number of amides is 1. The van der Waals surface area contributed by atoms with E-state index in [2.05, 4.69) is 57.8 Å². The van der Waals surface area contributed by atoms with E-state index in [1.165, 1.54) is 0 Å². The molecule has 4 unspecified atom stereocenters. The predicted octanol–water partition coefficient (Wildman–Crippen LogP) is 3.81. The number of aromatic nitrogens is 4. The molecular formula is C26H30Br2N6O6. The van der Waals surface area contributed by atoms with Crippen LogP contribution < -0.4 is 10.9 Å². The normalized spacial score (nSPS) is 26.7. The van der Waals surface area contributed by atoms with E-state index in [9.17, 15) is 9.90 Å². The Morgan fingerprint density at radius 2 is 1.95 bits per heavy atom. The Bertz CT molecular complexity index is 1350. The molecule has 214 valence electrons. The highest BCUT2D eigenvalue weighted by atomic mass is 79.9. The summed E-state index contributed by atoms with van der Waals surface area (Å²) in [4.78, 5) is 21.4. The molecule has 2 aliphatic rings. The number of aliphatic hydroxyl groups is 1. The number of hydrazine groups is 1. The largest absolute Gasteiger partial charge is 0.443 e. The van der Waals surface area contributed by atoms with Gasteiger partial charge in [0.1, 0.15) is 46.1 Å². The van der Waals surface area contributed by atoms with Crippen molar-refractivity contribution in [1.29, 1.82) is 0 Å². The van der Waals surface area contributed by atoms with Crippen molar-refractivity contribution in [1.82, 2.24) is 30.6 Å². The van der Waals surface area contributed by atoms with Crippen molar-refractivity contribution >= 4 is 38.0 Å². The van der Waals surface area contributed by atoms with Gasteiger partial charge in [0.2, 0.25) is 0 Å². The summed E-state index contributed by atoms with van der Waals surface area (Å²) in [5.74, 6) is 0.815. The number of aryl methyl sites for hydroxylation is 1. The Kier molecular flexibility index (Phi) is 8.57. The van der Waals surface area contributed by atoms with Crippen molar-refractivity contribution in [2.24, 2.45) is 0 Å². The van der Waals surface area contributed by atoms with Crippen molar-refractivity contribution in [2.45, 2.75) is 70.0 Å². The van der Waals surface area contributed by atoms with Crippen molar-refractivity contribution < 1.29 is 28.8 Å². The van der Waals surface area contributed by atoms with Crippen LogP contribution in [0.5, 0.6) is 0 Å². The maximum Gasteiger partial charge on any atom is 0.422 e. The molecule has 5 rings (SSSR count). The number of carbonyl (C=O) groups is 1. The smallest absolute Gasteiger partial charge is 0.422 e. The fourth-order valence-electron chi connectivity index (χ4n) is 4.60. The summed E-state index contributed by atoms with van der Waals surface area (Å²) in [6, 6.07) is 10.5. The van der Waals surface area contributed by atoms with Gasteiger partial charge in [-0.3, -0.25) is 5.43 Å². The third kappa shape index (κ3) is 6.38. The fourth-order valence-corrected chi connectivity index (χ4v) is 5.30. The lowest BCUT2D eigenvalue weighted by molar-refractivity contribution is -0.313. The number of nitrogens with zero attached hydrogens (tertiary/aromatic N) is 4. The Morgan fingerprint density at radius 1 is 1.20 bits per heavy atom. The molecule has 14 heteroatoms. The Labute approximate surface area is 248 Å². The minimum atomic E-state index is -1.23. The molecule has 40 heavy (non-hydrogen) atoms. The third-order valence-corrected chi connectivity index (χ3v) is 7.28. The minimum Gasteiger partial charge on any atom is -0.443 e. The fraction of sp³-hybridized carbons (Fsp3) is 0.462. The number of hydrogen-bond donors (Lipinski definition) is 3. The van der Waals surface area contributed by atoms with E-state index >= 15 is 0 Å². The molecule has 0 saturated carbocycles. The zero-order valence-electron chi connectivity index (χ0n) is 22.2. The predicted molar refractivity (Wildman–Crippen MR) is 149 cm³/mol. The van der Waals surface area contributed by atoms with Crippen LogP contribution in [0.15, 0.2) is 51.7 Å². The lowest BCUT2D eigenvalue weighted by atomic mass is 9.91. The highest BCUT2D eigenvalue weighted by Crippen LogP contribution is 2.39. The standard InChI is InChI=1S/C26H30Br2N6O6/c1-13-30-23(34(33-13)16-10-15(27)11-29-22(16)28)21-19(35)18(31-32-25(36)40-26(2,3)4)20-17(38-21)12-37-24(39-20)14-8-6-5-7-9-14/h5-11,17-21,24,31,35H,12H2,1-4H3,(H,32,36)/t17?,18?,19?,20-,21+,24?/m0/s1. The monoisotopic (exact) mass is 680 g/mol. The molecular weight excluding hydrogens is 652 g/mol. The lowest BCUT2D eigenvalue weighted by Gasteiger charge is -2.48. The van der Waals surface area contributed by atoms with Crippen molar-refractivity contribution in [3.63, 3.8) is 0 Å². The molecule has 4 heterocycles. The first-order chi connectivity index (χ1) is 19.0. The van der Waals surface area contributed by atoms with E-state index in [-0.39, 0.29) is 6.61 Å². The average molecular weight is 682 g/mol. The zero-order valence-corrected chi connectivity index (χ0v) is 25.4. The van der Waals surface area contributed by atoms with Gasteiger partial charge in [-0.1, -0.05) is 30.3 Å². The molecule has 2 aromatic heterocycles. The van der Waals surface area contributed by atoms with Gasteiger partial charge in [0.15, 0.2) is 12.1 Å². The van der Waals surface area contributed by atoms with Crippen LogP contribution in [-0.4, -0.2) is 67.5 Å². The van der Waals surface area contributed by atoms with Crippen molar-refractivity contribution in [3.05, 3.63) is 68.9 Å². The molecule has 6 atom stereocenters. The quantitative estimate of drug-likeness (QED) is 0.269. The summed E-state index contributed by atoms with van der Waals surface area (Å²) in [7, 11) is 0. The number of halogens is 2.